The van der Waals surface area contributed by atoms with E-state index in [0.29, 0.717) is 29.3 Å². The van der Waals surface area contributed by atoms with Crippen molar-refractivity contribution in [1.82, 2.24) is 0 Å². The zero-order valence-electron chi connectivity index (χ0n) is 11.8. The van der Waals surface area contributed by atoms with Crippen LogP contribution in [0.1, 0.15) is 49.7 Å². The number of allylic oxidation sites excluding steroid dienone is 1. The highest BCUT2D eigenvalue weighted by atomic mass is 16.3. The summed E-state index contributed by atoms with van der Waals surface area (Å²) in [5.74, 6) is 2.35. The fourth-order valence-corrected chi connectivity index (χ4v) is 4.86. The largest absolute Gasteiger partial charge is 0.508 e. The van der Waals surface area contributed by atoms with Crippen LogP contribution in [0.25, 0.3) is 6.08 Å². The molecule has 2 heteroatoms. The quantitative estimate of drug-likeness (QED) is 0.775. The molecule has 1 aromatic carbocycles. The van der Waals surface area contributed by atoms with Gasteiger partial charge >= 0.3 is 0 Å². The van der Waals surface area contributed by atoms with Gasteiger partial charge in [0.1, 0.15) is 11.5 Å². The lowest BCUT2D eigenvalue weighted by Crippen LogP contribution is -2.40. The molecule has 0 bridgehead atoms. The van der Waals surface area contributed by atoms with Crippen molar-refractivity contribution >= 4 is 11.9 Å². The predicted octanol–water partition coefficient (Wildman–Crippen LogP) is 3.90. The molecule has 0 aromatic heterocycles. The van der Waals surface area contributed by atoms with Gasteiger partial charge in [-0.1, -0.05) is 25.1 Å². The van der Waals surface area contributed by atoms with Crippen LogP contribution < -0.4 is 0 Å². The topological polar surface area (TPSA) is 37.3 Å². The molecule has 0 heterocycles. The monoisotopic (exact) mass is 268 g/mol. The number of carbonyl (C=O) groups is 1. The first kappa shape index (κ1) is 12.2. The van der Waals surface area contributed by atoms with Crippen LogP contribution >= 0.6 is 0 Å². The van der Waals surface area contributed by atoms with Gasteiger partial charge in [0.2, 0.25) is 0 Å². The smallest absolute Gasteiger partial charge is 0.139 e. The second kappa shape index (κ2) is 3.97. The van der Waals surface area contributed by atoms with Crippen LogP contribution in [0.4, 0.5) is 0 Å². The van der Waals surface area contributed by atoms with Crippen molar-refractivity contribution in [3.05, 3.63) is 35.4 Å². The third kappa shape index (κ3) is 1.48. The van der Waals surface area contributed by atoms with E-state index in [1.165, 1.54) is 5.56 Å². The highest BCUT2D eigenvalue weighted by Gasteiger charge is 2.53. The Morgan fingerprint density at radius 1 is 1.30 bits per heavy atom. The summed E-state index contributed by atoms with van der Waals surface area (Å²) in [6.07, 6.45) is 8.37. The van der Waals surface area contributed by atoms with Crippen molar-refractivity contribution in [3.63, 3.8) is 0 Å². The Balaban J connectivity index is 1.77. The van der Waals surface area contributed by atoms with E-state index in [-0.39, 0.29) is 5.41 Å². The summed E-state index contributed by atoms with van der Waals surface area (Å²) in [5.41, 5.74) is 2.43. The van der Waals surface area contributed by atoms with Gasteiger partial charge in [-0.3, -0.25) is 4.79 Å². The van der Waals surface area contributed by atoms with Crippen LogP contribution in [0.15, 0.2) is 24.3 Å². The van der Waals surface area contributed by atoms with Gasteiger partial charge in [0, 0.05) is 11.8 Å². The molecule has 0 amide bonds. The zero-order chi connectivity index (χ0) is 13.9. The molecule has 4 rings (SSSR count). The maximum atomic E-state index is 12.2. The summed E-state index contributed by atoms with van der Waals surface area (Å²) < 4.78 is 0. The van der Waals surface area contributed by atoms with E-state index in [4.69, 9.17) is 0 Å². The Hall–Kier alpha value is -1.57. The Labute approximate surface area is 119 Å². The lowest BCUT2D eigenvalue weighted by atomic mass is 9.57. The molecule has 3 aliphatic rings. The zero-order valence-corrected chi connectivity index (χ0v) is 11.8. The van der Waals surface area contributed by atoms with Gasteiger partial charge in [-0.2, -0.15) is 0 Å². The van der Waals surface area contributed by atoms with E-state index in [1.807, 2.05) is 6.07 Å². The lowest BCUT2D eigenvalue weighted by Gasteiger charge is -2.46. The summed E-state index contributed by atoms with van der Waals surface area (Å²) in [6, 6.07) is 5.73. The fraction of sp³-hybridized carbons (Fsp3) is 0.500. The molecule has 0 spiro atoms. The van der Waals surface area contributed by atoms with Crippen molar-refractivity contribution in [1.29, 1.82) is 0 Å². The summed E-state index contributed by atoms with van der Waals surface area (Å²) in [7, 11) is 0. The highest BCUT2D eigenvalue weighted by molar-refractivity contribution is 5.87. The number of hydrogen-bond acceptors (Lipinski definition) is 2. The minimum absolute atomic E-state index is 0.0834. The van der Waals surface area contributed by atoms with Crippen LogP contribution in [0, 0.1) is 17.3 Å². The van der Waals surface area contributed by atoms with Gasteiger partial charge in [0.05, 0.1) is 0 Å². The minimum Gasteiger partial charge on any atom is -0.508 e. The van der Waals surface area contributed by atoms with Crippen molar-refractivity contribution in [2.45, 2.75) is 38.5 Å². The third-order valence-electron chi connectivity index (χ3n) is 6.01. The normalized spacial score (nSPS) is 38.2. The molecular formula is C18H20O2. The molecule has 104 valence electrons. The number of benzene rings is 1. The molecule has 2 saturated carbocycles. The number of ketones is 1. The van der Waals surface area contributed by atoms with Crippen LogP contribution in [0.5, 0.6) is 5.75 Å². The molecule has 3 aliphatic carbocycles. The number of aromatic hydroxyl groups is 1. The molecule has 0 unspecified atom stereocenters. The molecule has 2 nitrogen and oxygen atoms in total. The van der Waals surface area contributed by atoms with Gasteiger partial charge in [0.15, 0.2) is 0 Å². The van der Waals surface area contributed by atoms with Crippen molar-refractivity contribution < 1.29 is 9.90 Å². The molecule has 0 radical (unpaired) electrons. The van der Waals surface area contributed by atoms with E-state index in [1.54, 1.807) is 6.07 Å². The van der Waals surface area contributed by atoms with Crippen molar-refractivity contribution in [2.24, 2.45) is 17.3 Å². The summed E-state index contributed by atoms with van der Waals surface area (Å²) >= 11 is 0. The molecule has 1 N–H and O–H groups in total. The first-order valence-electron chi connectivity index (χ1n) is 7.64. The number of hydrogen-bond donors (Lipinski definition) is 1. The number of Topliss-reactive ketones (excluding diaryl/α,β-unsaturated/α-hetero) is 1. The molecule has 1 aromatic rings. The maximum absolute atomic E-state index is 12.2. The number of phenols is 1. The number of rotatable bonds is 0. The summed E-state index contributed by atoms with van der Waals surface area (Å²) in [4.78, 5) is 12.2. The first-order valence-corrected chi connectivity index (χ1v) is 7.64. The van der Waals surface area contributed by atoms with Crippen LogP contribution in [-0.2, 0) is 4.79 Å². The summed E-state index contributed by atoms with van der Waals surface area (Å²) in [5, 5.41) is 9.63. The average molecular weight is 268 g/mol. The second-order valence-corrected chi connectivity index (χ2v) is 6.88. The van der Waals surface area contributed by atoms with E-state index >= 15 is 0 Å². The Morgan fingerprint density at radius 3 is 3.00 bits per heavy atom. The van der Waals surface area contributed by atoms with Crippen LogP contribution in [-0.4, -0.2) is 10.9 Å². The van der Waals surface area contributed by atoms with E-state index < -0.39 is 0 Å². The molecule has 0 aliphatic heterocycles. The number of phenolic OH excluding ortho intramolecular Hbond substituents is 1. The van der Waals surface area contributed by atoms with Gasteiger partial charge in [-0.15, -0.1) is 0 Å². The Bertz CT molecular complexity index is 616. The van der Waals surface area contributed by atoms with Crippen molar-refractivity contribution in [3.8, 4) is 5.75 Å². The number of fused-ring (bicyclic) bond motifs is 5. The third-order valence-corrected chi connectivity index (χ3v) is 6.01. The van der Waals surface area contributed by atoms with Crippen LogP contribution in [0.2, 0.25) is 0 Å². The van der Waals surface area contributed by atoms with Crippen molar-refractivity contribution in [2.75, 3.05) is 0 Å². The average Bonchev–Trinajstić information content (AvgIpc) is 2.74. The lowest BCUT2D eigenvalue weighted by molar-refractivity contribution is -0.128. The fourth-order valence-electron chi connectivity index (χ4n) is 4.86. The van der Waals surface area contributed by atoms with Gasteiger partial charge in [-0.05, 0) is 60.3 Å². The van der Waals surface area contributed by atoms with E-state index in [9.17, 15) is 9.90 Å². The molecule has 0 saturated heterocycles. The van der Waals surface area contributed by atoms with E-state index in [0.717, 1.165) is 31.2 Å². The van der Waals surface area contributed by atoms with Crippen LogP contribution in [0.3, 0.4) is 0 Å². The SMILES string of the molecule is C[C@]12CC[C@H]3c4ccc(O)cc4C=C[C@@H]3[C@@H]1CCC2=O. The summed E-state index contributed by atoms with van der Waals surface area (Å²) in [6.45, 7) is 2.18. The molecule has 2 fully saturated rings. The van der Waals surface area contributed by atoms with E-state index in [2.05, 4.69) is 25.1 Å². The maximum Gasteiger partial charge on any atom is 0.139 e. The number of carbonyl (C=O) groups excluding carboxylic acids is 1. The van der Waals surface area contributed by atoms with Gasteiger partial charge in [0.25, 0.3) is 0 Å². The van der Waals surface area contributed by atoms with Gasteiger partial charge in [-0.25, -0.2) is 0 Å². The Morgan fingerprint density at radius 2 is 2.15 bits per heavy atom. The first-order chi connectivity index (χ1) is 9.59. The highest BCUT2D eigenvalue weighted by Crippen LogP contribution is 2.58. The van der Waals surface area contributed by atoms with Gasteiger partial charge < -0.3 is 5.11 Å². The molecular weight excluding hydrogens is 248 g/mol. The second-order valence-electron chi connectivity index (χ2n) is 6.88. The predicted molar refractivity (Wildman–Crippen MR) is 78.4 cm³/mol. The molecule has 4 atom stereocenters. The Kier molecular flexibility index (Phi) is 2.42. The minimum atomic E-state index is -0.0834. The molecule has 20 heavy (non-hydrogen) atoms. The standard InChI is InChI=1S/C18H20O2/c1-18-9-8-14-13-5-3-12(19)10-11(13)2-4-15(14)16(18)6-7-17(18)20/h2-5,10,14-16,19H,6-9H2,1H3/t14-,15-,16-,18-/m0/s1.